The van der Waals surface area contributed by atoms with Crippen LogP contribution < -0.4 is 5.32 Å². The largest absolute Gasteiger partial charge is 0.325 e. The van der Waals surface area contributed by atoms with Crippen LogP contribution in [0.15, 0.2) is 42.7 Å². The van der Waals surface area contributed by atoms with Crippen molar-refractivity contribution in [3.05, 3.63) is 59.7 Å². The van der Waals surface area contributed by atoms with E-state index in [0.717, 1.165) is 16.8 Å². The smallest absolute Gasteiger partial charge is 0.224 e. The number of pyridine rings is 1. The summed E-state index contributed by atoms with van der Waals surface area (Å²) in [5.41, 5.74) is 2.65. The third-order valence-electron chi connectivity index (χ3n) is 2.87. The van der Waals surface area contributed by atoms with Crippen LogP contribution in [0.5, 0.6) is 0 Å². The van der Waals surface area contributed by atoms with E-state index in [1.54, 1.807) is 24.5 Å². The van der Waals surface area contributed by atoms with Gasteiger partial charge in [-0.1, -0.05) is 12.1 Å². The van der Waals surface area contributed by atoms with E-state index in [0.29, 0.717) is 12.8 Å². The van der Waals surface area contributed by atoms with E-state index in [4.69, 9.17) is 0 Å². The predicted octanol–water partition coefficient (Wildman–Crippen LogP) is 3.10. The molecule has 2 aromatic rings. The summed E-state index contributed by atoms with van der Waals surface area (Å²) >= 11 is 0. The maximum atomic E-state index is 12.7. The summed E-state index contributed by atoms with van der Waals surface area (Å²) in [6.45, 7) is 1.91. The van der Waals surface area contributed by atoms with Crippen LogP contribution in [0.2, 0.25) is 0 Å². The minimum atomic E-state index is -0.265. The molecule has 1 amide bonds. The van der Waals surface area contributed by atoms with Gasteiger partial charge in [0.15, 0.2) is 0 Å². The van der Waals surface area contributed by atoms with Crippen LogP contribution in [0, 0.1) is 12.7 Å². The Hall–Kier alpha value is -2.23. The Balaban J connectivity index is 1.88. The van der Waals surface area contributed by atoms with Crippen molar-refractivity contribution in [2.45, 2.75) is 19.8 Å². The van der Waals surface area contributed by atoms with Crippen molar-refractivity contribution in [1.82, 2.24) is 4.98 Å². The summed E-state index contributed by atoms with van der Waals surface area (Å²) in [5, 5.41) is 2.82. The molecule has 0 saturated carbocycles. The van der Waals surface area contributed by atoms with Crippen LogP contribution in [0.25, 0.3) is 0 Å². The number of anilines is 1. The molecular formula is C15H15FN2O. The Morgan fingerprint density at radius 1 is 1.26 bits per heavy atom. The zero-order valence-corrected chi connectivity index (χ0v) is 10.7. The fourth-order valence-corrected chi connectivity index (χ4v) is 1.72. The zero-order chi connectivity index (χ0) is 13.7. The maximum Gasteiger partial charge on any atom is 0.224 e. The Kier molecular flexibility index (Phi) is 4.23. The van der Waals surface area contributed by atoms with Gasteiger partial charge >= 0.3 is 0 Å². The fraction of sp³-hybridized carbons (Fsp3) is 0.200. The van der Waals surface area contributed by atoms with E-state index in [2.05, 4.69) is 10.3 Å². The van der Waals surface area contributed by atoms with Crippen molar-refractivity contribution < 1.29 is 9.18 Å². The van der Waals surface area contributed by atoms with Gasteiger partial charge in [-0.2, -0.15) is 0 Å². The predicted molar refractivity (Wildman–Crippen MR) is 72.3 cm³/mol. The fourth-order valence-electron chi connectivity index (χ4n) is 1.72. The van der Waals surface area contributed by atoms with Gasteiger partial charge in [0.1, 0.15) is 5.82 Å². The van der Waals surface area contributed by atoms with E-state index >= 15 is 0 Å². The second-order valence-corrected chi connectivity index (χ2v) is 4.37. The molecule has 0 spiro atoms. The Labute approximate surface area is 111 Å². The Morgan fingerprint density at radius 3 is 2.68 bits per heavy atom. The van der Waals surface area contributed by atoms with Crippen LogP contribution >= 0.6 is 0 Å². The molecule has 19 heavy (non-hydrogen) atoms. The van der Waals surface area contributed by atoms with Crippen molar-refractivity contribution in [3.63, 3.8) is 0 Å². The highest BCUT2D eigenvalue weighted by molar-refractivity contribution is 5.91. The number of nitrogens with one attached hydrogen (secondary N) is 1. The van der Waals surface area contributed by atoms with E-state index in [-0.39, 0.29) is 11.7 Å². The molecule has 0 fully saturated rings. The molecule has 0 bridgehead atoms. The number of aromatic nitrogens is 1. The molecule has 1 aromatic carbocycles. The van der Waals surface area contributed by atoms with Crippen LogP contribution in [-0.2, 0) is 11.2 Å². The van der Waals surface area contributed by atoms with E-state index < -0.39 is 0 Å². The third-order valence-corrected chi connectivity index (χ3v) is 2.87. The number of rotatable bonds is 4. The molecular weight excluding hydrogens is 243 g/mol. The molecule has 1 heterocycles. The standard InChI is InChI=1S/C15H15FN2O/c1-11-8-9-17-10-14(11)18-15(19)7-4-12-2-5-13(16)6-3-12/h2-3,5-6,8-10H,4,7H2,1H3,(H,18,19). The number of carbonyl (C=O) groups is 1. The summed E-state index contributed by atoms with van der Waals surface area (Å²) in [6, 6.07) is 8.03. The summed E-state index contributed by atoms with van der Waals surface area (Å²) in [7, 11) is 0. The minimum absolute atomic E-state index is 0.0691. The third kappa shape index (κ3) is 3.88. The SMILES string of the molecule is Cc1ccncc1NC(=O)CCc1ccc(F)cc1. The molecule has 1 aromatic heterocycles. The van der Waals surface area contributed by atoms with E-state index in [9.17, 15) is 9.18 Å². The number of hydrogen-bond acceptors (Lipinski definition) is 2. The van der Waals surface area contributed by atoms with Crippen LogP contribution in [-0.4, -0.2) is 10.9 Å². The highest BCUT2D eigenvalue weighted by Crippen LogP contribution is 2.12. The van der Waals surface area contributed by atoms with Crippen molar-refractivity contribution in [3.8, 4) is 0 Å². The molecule has 2 rings (SSSR count). The van der Waals surface area contributed by atoms with E-state index in [1.165, 1.54) is 12.1 Å². The lowest BCUT2D eigenvalue weighted by molar-refractivity contribution is -0.116. The molecule has 0 radical (unpaired) electrons. The van der Waals surface area contributed by atoms with Gasteiger partial charge in [0.25, 0.3) is 0 Å². The first-order valence-electron chi connectivity index (χ1n) is 6.10. The summed E-state index contributed by atoms with van der Waals surface area (Å²) < 4.78 is 12.7. The lowest BCUT2D eigenvalue weighted by Crippen LogP contribution is -2.13. The van der Waals surface area contributed by atoms with Gasteiger partial charge in [0, 0.05) is 12.6 Å². The lowest BCUT2D eigenvalue weighted by Gasteiger charge is -2.07. The highest BCUT2D eigenvalue weighted by atomic mass is 19.1. The van der Waals surface area contributed by atoms with Gasteiger partial charge in [-0.05, 0) is 42.7 Å². The highest BCUT2D eigenvalue weighted by Gasteiger charge is 2.05. The van der Waals surface area contributed by atoms with Gasteiger partial charge in [0.2, 0.25) is 5.91 Å². The van der Waals surface area contributed by atoms with Crippen molar-refractivity contribution in [2.24, 2.45) is 0 Å². The molecule has 3 nitrogen and oxygen atoms in total. The molecule has 0 aliphatic rings. The number of halogens is 1. The maximum absolute atomic E-state index is 12.7. The normalized spacial score (nSPS) is 10.2. The van der Waals surface area contributed by atoms with Gasteiger partial charge in [0.05, 0.1) is 11.9 Å². The summed E-state index contributed by atoms with van der Waals surface area (Å²) in [5.74, 6) is -0.334. The first-order chi connectivity index (χ1) is 9.15. The van der Waals surface area contributed by atoms with Crippen LogP contribution in [0.1, 0.15) is 17.5 Å². The van der Waals surface area contributed by atoms with Crippen LogP contribution in [0.4, 0.5) is 10.1 Å². The van der Waals surface area contributed by atoms with E-state index in [1.807, 2.05) is 13.0 Å². The molecule has 0 unspecified atom stereocenters. The number of aryl methyl sites for hydroxylation is 2. The van der Waals surface area contributed by atoms with Gasteiger partial charge in [-0.25, -0.2) is 4.39 Å². The first kappa shape index (κ1) is 13.2. The average molecular weight is 258 g/mol. The topological polar surface area (TPSA) is 42.0 Å². The van der Waals surface area contributed by atoms with Gasteiger partial charge < -0.3 is 5.32 Å². The number of hydrogen-bond donors (Lipinski definition) is 1. The lowest BCUT2D eigenvalue weighted by atomic mass is 10.1. The Bertz CT molecular complexity index is 567. The molecule has 0 aliphatic carbocycles. The Morgan fingerprint density at radius 2 is 2.00 bits per heavy atom. The number of nitrogens with zero attached hydrogens (tertiary/aromatic N) is 1. The second-order valence-electron chi connectivity index (χ2n) is 4.37. The summed E-state index contributed by atoms with van der Waals surface area (Å²) in [4.78, 5) is 15.8. The zero-order valence-electron chi connectivity index (χ0n) is 10.7. The monoisotopic (exact) mass is 258 g/mol. The van der Waals surface area contributed by atoms with Crippen LogP contribution in [0.3, 0.4) is 0 Å². The number of amides is 1. The number of benzene rings is 1. The molecule has 98 valence electrons. The van der Waals surface area contributed by atoms with Gasteiger partial charge in [-0.15, -0.1) is 0 Å². The van der Waals surface area contributed by atoms with Gasteiger partial charge in [-0.3, -0.25) is 9.78 Å². The summed E-state index contributed by atoms with van der Waals surface area (Å²) in [6.07, 6.45) is 4.26. The van der Waals surface area contributed by atoms with Crippen molar-refractivity contribution >= 4 is 11.6 Å². The number of carbonyl (C=O) groups excluding carboxylic acids is 1. The molecule has 4 heteroatoms. The minimum Gasteiger partial charge on any atom is -0.325 e. The van der Waals surface area contributed by atoms with Crippen molar-refractivity contribution in [1.29, 1.82) is 0 Å². The second kappa shape index (κ2) is 6.09. The molecule has 0 saturated heterocycles. The first-order valence-corrected chi connectivity index (χ1v) is 6.10. The van der Waals surface area contributed by atoms with Crippen molar-refractivity contribution in [2.75, 3.05) is 5.32 Å². The molecule has 0 atom stereocenters. The molecule has 0 aliphatic heterocycles. The quantitative estimate of drug-likeness (QED) is 0.915. The molecule has 1 N–H and O–H groups in total. The average Bonchev–Trinajstić information content (AvgIpc) is 2.41.